The molecule has 1 saturated heterocycles. The third-order valence-corrected chi connectivity index (χ3v) is 5.45. The number of piperidine rings is 1. The Morgan fingerprint density at radius 3 is 2.30 bits per heavy atom. The van der Waals surface area contributed by atoms with Gasteiger partial charge in [-0.3, -0.25) is 0 Å². The average molecular weight is 319 g/mol. The summed E-state index contributed by atoms with van der Waals surface area (Å²) in [5.41, 5.74) is 10.2. The Hall–Kier alpha value is -1.06. The molecule has 1 aliphatic rings. The maximum absolute atomic E-state index is 6.21. The summed E-state index contributed by atoms with van der Waals surface area (Å²) >= 11 is 0. The number of hydrogen-bond donors (Lipinski definition) is 1. The van der Waals surface area contributed by atoms with Crippen molar-refractivity contribution < 1.29 is 4.74 Å². The second kappa shape index (κ2) is 8.16. The zero-order valence-corrected chi connectivity index (χ0v) is 15.6. The molecule has 3 heteroatoms. The Morgan fingerprint density at radius 2 is 1.78 bits per heavy atom. The van der Waals surface area contributed by atoms with Crippen molar-refractivity contribution in [3.8, 4) is 5.75 Å². The lowest BCUT2D eigenvalue weighted by molar-refractivity contribution is 0.137. The Kier molecular flexibility index (Phi) is 6.49. The van der Waals surface area contributed by atoms with Gasteiger partial charge in [0.15, 0.2) is 0 Å². The van der Waals surface area contributed by atoms with Crippen molar-refractivity contribution in [3.05, 3.63) is 28.8 Å². The van der Waals surface area contributed by atoms with Crippen molar-refractivity contribution in [3.63, 3.8) is 0 Å². The Bertz CT molecular complexity index is 505. The summed E-state index contributed by atoms with van der Waals surface area (Å²) in [5.74, 6) is 2.11. The molecule has 0 saturated carbocycles. The largest absolute Gasteiger partial charge is 0.494 e. The summed E-state index contributed by atoms with van der Waals surface area (Å²) < 4.78 is 5.94. The molecular formula is C20H34N2O. The average Bonchev–Trinajstić information content (AvgIpc) is 2.53. The molecule has 1 fully saturated rings. The highest BCUT2D eigenvalue weighted by atomic mass is 16.5. The molecule has 0 radical (unpaired) electrons. The number of aryl methyl sites for hydroxylation is 2. The highest BCUT2D eigenvalue weighted by Gasteiger charge is 2.29. The molecule has 2 rings (SSSR count). The van der Waals surface area contributed by atoms with E-state index in [2.05, 4.69) is 51.7 Å². The van der Waals surface area contributed by atoms with Crippen LogP contribution in [0.4, 0.5) is 0 Å². The van der Waals surface area contributed by atoms with Crippen molar-refractivity contribution in [2.24, 2.45) is 11.7 Å². The van der Waals surface area contributed by atoms with Crippen molar-refractivity contribution >= 4 is 0 Å². The molecule has 23 heavy (non-hydrogen) atoms. The van der Waals surface area contributed by atoms with Gasteiger partial charge in [0.05, 0.1) is 6.61 Å². The van der Waals surface area contributed by atoms with Crippen LogP contribution in [0.2, 0.25) is 0 Å². The minimum absolute atomic E-state index is 0.408. The van der Waals surface area contributed by atoms with Crippen LogP contribution in [0, 0.1) is 19.8 Å². The van der Waals surface area contributed by atoms with E-state index in [-0.39, 0.29) is 0 Å². The van der Waals surface area contributed by atoms with Gasteiger partial charge in [0.25, 0.3) is 0 Å². The highest BCUT2D eigenvalue weighted by Crippen LogP contribution is 2.38. The van der Waals surface area contributed by atoms with E-state index in [4.69, 9.17) is 10.5 Å². The molecule has 1 aliphatic heterocycles. The molecule has 0 aromatic heterocycles. The van der Waals surface area contributed by atoms with E-state index >= 15 is 0 Å². The number of likely N-dealkylation sites (tertiary alicyclic amines) is 1. The van der Waals surface area contributed by atoms with Crippen LogP contribution in [0.3, 0.4) is 0 Å². The molecule has 1 unspecified atom stereocenters. The molecule has 0 bridgehead atoms. The van der Waals surface area contributed by atoms with Gasteiger partial charge in [-0.05, 0) is 95.8 Å². The monoisotopic (exact) mass is 318 g/mol. The predicted molar refractivity (Wildman–Crippen MR) is 98.3 cm³/mol. The number of hydrogen-bond acceptors (Lipinski definition) is 3. The van der Waals surface area contributed by atoms with Gasteiger partial charge < -0.3 is 15.4 Å². The zero-order valence-electron chi connectivity index (χ0n) is 15.6. The number of ether oxygens (including phenoxy) is 1. The lowest BCUT2D eigenvalue weighted by Crippen LogP contribution is -2.40. The van der Waals surface area contributed by atoms with Crippen LogP contribution in [0.25, 0.3) is 0 Å². The standard InChI is InChI=1S/C20H34N2O/c1-6-23-20-12-16(5)15(4)11-18(20)19(13-21)17-7-9-22(10-8-17)14(2)3/h11-12,14,17,19H,6-10,13,21H2,1-5H3. The molecule has 1 heterocycles. The van der Waals surface area contributed by atoms with Crippen molar-refractivity contribution in [2.45, 2.75) is 59.4 Å². The maximum atomic E-state index is 6.21. The predicted octanol–water partition coefficient (Wildman–Crippen LogP) is 3.86. The van der Waals surface area contributed by atoms with E-state index in [0.29, 0.717) is 31.0 Å². The lowest BCUT2D eigenvalue weighted by Gasteiger charge is -2.38. The van der Waals surface area contributed by atoms with Crippen LogP contribution >= 0.6 is 0 Å². The van der Waals surface area contributed by atoms with Gasteiger partial charge in [-0.2, -0.15) is 0 Å². The number of benzene rings is 1. The fourth-order valence-corrected chi connectivity index (χ4v) is 3.79. The van der Waals surface area contributed by atoms with Crippen molar-refractivity contribution in [1.82, 2.24) is 4.90 Å². The fraction of sp³-hybridized carbons (Fsp3) is 0.700. The van der Waals surface area contributed by atoms with Crippen LogP contribution in [0.15, 0.2) is 12.1 Å². The van der Waals surface area contributed by atoms with Gasteiger partial charge in [-0.1, -0.05) is 6.07 Å². The van der Waals surface area contributed by atoms with E-state index in [9.17, 15) is 0 Å². The molecule has 3 nitrogen and oxygen atoms in total. The fourth-order valence-electron chi connectivity index (χ4n) is 3.79. The topological polar surface area (TPSA) is 38.5 Å². The minimum Gasteiger partial charge on any atom is -0.494 e. The van der Waals surface area contributed by atoms with Gasteiger partial charge in [0.2, 0.25) is 0 Å². The van der Waals surface area contributed by atoms with Gasteiger partial charge >= 0.3 is 0 Å². The Morgan fingerprint density at radius 1 is 1.17 bits per heavy atom. The molecule has 1 aromatic carbocycles. The molecule has 130 valence electrons. The SMILES string of the molecule is CCOc1cc(C)c(C)cc1C(CN)C1CCN(C(C)C)CC1. The first-order chi connectivity index (χ1) is 11.0. The van der Waals surface area contributed by atoms with E-state index in [1.165, 1.54) is 42.6 Å². The second-order valence-corrected chi connectivity index (χ2v) is 7.22. The normalized spacial score (nSPS) is 18.4. The first kappa shape index (κ1) is 18.3. The van der Waals surface area contributed by atoms with Crippen LogP contribution in [-0.4, -0.2) is 37.2 Å². The Labute approximate surface area is 142 Å². The summed E-state index contributed by atoms with van der Waals surface area (Å²) in [6, 6.07) is 5.15. The Balaban J connectivity index is 2.22. The smallest absolute Gasteiger partial charge is 0.123 e. The molecule has 0 spiro atoms. The molecule has 2 N–H and O–H groups in total. The van der Waals surface area contributed by atoms with E-state index in [0.717, 1.165) is 5.75 Å². The van der Waals surface area contributed by atoms with Crippen LogP contribution in [0.5, 0.6) is 5.75 Å². The molecule has 0 amide bonds. The summed E-state index contributed by atoms with van der Waals surface area (Å²) in [5, 5.41) is 0. The molecule has 1 aromatic rings. The molecule has 0 aliphatic carbocycles. The van der Waals surface area contributed by atoms with E-state index in [1.807, 2.05) is 0 Å². The molecular weight excluding hydrogens is 284 g/mol. The number of nitrogens with zero attached hydrogens (tertiary/aromatic N) is 1. The summed E-state index contributed by atoms with van der Waals surface area (Å²) in [6.45, 7) is 14.8. The summed E-state index contributed by atoms with van der Waals surface area (Å²) in [7, 11) is 0. The van der Waals surface area contributed by atoms with Gasteiger partial charge in [-0.15, -0.1) is 0 Å². The van der Waals surface area contributed by atoms with Crippen molar-refractivity contribution in [1.29, 1.82) is 0 Å². The minimum atomic E-state index is 0.408. The van der Waals surface area contributed by atoms with Crippen LogP contribution in [-0.2, 0) is 0 Å². The van der Waals surface area contributed by atoms with Gasteiger partial charge in [0, 0.05) is 12.0 Å². The second-order valence-electron chi connectivity index (χ2n) is 7.22. The highest BCUT2D eigenvalue weighted by molar-refractivity contribution is 5.44. The third-order valence-electron chi connectivity index (χ3n) is 5.45. The summed E-state index contributed by atoms with van der Waals surface area (Å²) in [6.07, 6.45) is 2.47. The lowest BCUT2D eigenvalue weighted by atomic mass is 9.79. The first-order valence-corrected chi connectivity index (χ1v) is 9.15. The number of rotatable bonds is 6. The number of nitrogens with two attached hydrogens (primary N) is 1. The third kappa shape index (κ3) is 4.27. The van der Waals surface area contributed by atoms with Crippen LogP contribution < -0.4 is 10.5 Å². The van der Waals surface area contributed by atoms with Gasteiger partial charge in [-0.25, -0.2) is 0 Å². The van der Waals surface area contributed by atoms with Crippen molar-refractivity contribution in [2.75, 3.05) is 26.2 Å². The van der Waals surface area contributed by atoms with E-state index in [1.54, 1.807) is 0 Å². The maximum Gasteiger partial charge on any atom is 0.123 e. The molecule has 1 atom stereocenters. The van der Waals surface area contributed by atoms with Crippen LogP contribution in [0.1, 0.15) is 56.2 Å². The zero-order chi connectivity index (χ0) is 17.0. The quantitative estimate of drug-likeness (QED) is 0.865. The van der Waals surface area contributed by atoms with E-state index < -0.39 is 0 Å². The first-order valence-electron chi connectivity index (χ1n) is 9.15. The van der Waals surface area contributed by atoms with Gasteiger partial charge in [0.1, 0.15) is 5.75 Å². The summed E-state index contributed by atoms with van der Waals surface area (Å²) in [4.78, 5) is 2.58.